The third-order valence-corrected chi connectivity index (χ3v) is 4.96. The van der Waals surface area contributed by atoms with Crippen LogP contribution in [0.15, 0.2) is 51.1 Å². The number of rotatable bonds is 5. The van der Waals surface area contributed by atoms with Crippen LogP contribution in [-0.4, -0.2) is 22.2 Å². The Bertz CT molecular complexity index is 1050. The van der Waals surface area contributed by atoms with E-state index < -0.39 is 5.91 Å². The number of fused-ring (bicyclic) bond motifs is 1. The summed E-state index contributed by atoms with van der Waals surface area (Å²) in [4.78, 5) is 12.0. The van der Waals surface area contributed by atoms with Gasteiger partial charge in [-0.1, -0.05) is 27.5 Å². The fourth-order valence-electron chi connectivity index (χ4n) is 2.70. The standard InChI is InChI=1S/C19H17BrClN3O3/c1-3-24-16-7-4-12(20)9-14(16)18(19(24)26)23-22-17(25)10-27-13-5-6-15(21)11(2)8-13/h4-9,26H,3,10H2,1-2H3. The van der Waals surface area contributed by atoms with Crippen molar-refractivity contribution in [3.63, 3.8) is 0 Å². The summed E-state index contributed by atoms with van der Waals surface area (Å²) in [5, 5.41) is 19.4. The highest BCUT2D eigenvalue weighted by molar-refractivity contribution is 9.10. The summed E-state index contributed by atoms with van der Waals surface area (Å²) in [6, 6.07) is 10.7. The average Bonchev–Trinajstić information content (AvgIpc) is 2.91. The van der Waals surface area contributed by atoms with Gasteiger partial charge in [-0.2, -0.15) is 0 Å². The van der Waals surface area contributed by atoms with Crippen LogP contribution in [0.3, 0.4) is 0 Å². The molecule has 1 aromatic heterocycles. The molecule has 0 saturated carbocycles. The summed E-state index contributed by atoms with van der Waals surface area (Å²) in [6.07, 6.45) is 0. The minimum atomic E-state index is -0.561. The number of benzene rings is 2. The van der Waals surface area contributed by atoms with Gasteiger partial charge in [-0.25, -0.2) is 0 Å². The molecule has 0 aliphatic rings. The van der Waals surface area contributed by atoms with Crippen molar-refractivity contribution in [3.8, 4) is 11.6 Å². The highest BCUT2D eigenvalue weighted by atomic mass is 79.9. The van der Waals surface area contributed by atoms with Gasteiger partial charge in [0.05, 0.1) is 5.52 Å². The van der Waals surface area contributed by atoms with Gasteiger partial charge in [-0.3, -0.25) is 4.79 Å². The van der Waals surface area contributed by atoms with E-state index in [0.717, 1.165) is 15.6 Å². The number of nitrogens with zero attached hydrogens (tertiary/aromatic N) is 3. The van der Waals surface area contributed by atoms with Crippen LogP contribution >= 0.6 is 27.5 Å². The molecule has 0 spiro atoms. The summed E-state index contributed by atoms with van der Waals surface area (Å²) in [5.41, 5.74) is 1.92. The number of aromatic hydroxyl groups is 1. The monoisotopic (exact) mass is 449 g/mol. The Morgan fingerprint density at radius 1 is 1.30 bits per heavy atom. The molecule has 0 aliphatic carbocycles. The molecule has 0 aliphatic heterocycles. The van der Waals surface area contributed by atoms with Gasteiger partial charge < -0.3 is 14.4 Å². The van der Waals surface area contributed by atoms with Gasteiger partial charge in [0, 0.05) is 21.4 Å². The van der Waals surface area contributed by atoms with Crippen LogP contribution in [0.4, 0.5) is 5.69 Å². The van der Waals surface area contributed by atoms with E-state index in [-0.39, 0.29) is 18.2 Å². The predicted octanol–water partition coefficient (Wildman–Crippen LogP) is 5.78. The number of hydrogen-bond acceptors (Lipinski definition) is 4. The normalized spacial score (nSPS) is 11.4. The number of amides is 1. The first-order valence-corrected chi connectivity index (χ1v) is 9.42. The molecule has 2 aromatic carbocycles. The molecule has 0 unspecified atom stereocenters. The number of carbonyl (C=O) groups excluding carboxylic acids is 1. The van der Waals surface area contributed by atoms with Crippen LogP contribution < -0.4 is 4.74 Å². The van der Waals surface area contributed by atoms with Crippen molar-refractivity contribution < 1.29 is 14.6 Å². The number of hydrogen-bond donors (Lipinski definition) is 1. The molecule has 27 heavy (non-hydrogen) atoms. The highest BCUT2D eigenvalue weighted by Gasteiger charge is 2.16. The first-order valence-electron chi connectivity index (χ1n) is 8.25. The van der Waals surface area contributed by atoms with Gasteiger partial charge in [-0.05, 0) is 55.8 Å². The molecule has 3 aromatic rings. The Morgan fingerprint density at radius 2 is 2.07 bits per heavy atom. The molecule has 140 valence electrons. The molecule has 0 saturated heterocycles. The molecule has 1 N–H and O–H groups in total. The first kappa shape index (κ1) is 19.4. The van der Waals surface area contributed by atoms with Crippen molar-refractivity contribution >= 4 is 50.0 Å². The van der Waals surface area contributed by atoms with Crippen LogP contribution in [0.2, 0.25) is 5.02 Å². The first-order chi connectivity index (χ1) is 12.9. The maximum Gasteiger partial charge on any atom is 0.302 e. The van der Waals surface area contributed by atoms with Crippen LogP contribution in [-0.2, 0) is 11.3 Å². The number of aryl methyl sites for hydroxylation is 2. The Labute approximate surface area is 169 Å². The third-order valence-electron chi connectivity index (χ3n) is 4.04. The highest BCUT2D eigenvalue weighted by Crippen LogP contribution is 2.40. The minimum Gasteiger partial charge on any atom is -0.493 e. The van der Waals surface area contributed by atoms with E-state index in [1.807, 2.05) is 32.0 Å². The maximum absolute atomic E-state index is 12.0. The zero-order valence-corrected chi connectivity index (χ0v) is 17.1. The Kier molecular flexibility index (Phi) is 5.82. The van der Waals surface area contributed by atoms with Crippen molar-refractivity contribution in [3.05, 3.63) is 51.5 Å². The number of halogens is 2. The lowest BCUT2D eigenvalue weighted by atomic mass is 10.2. The van der Waals surface area contributed by atoms with Gasteiger partial charge in [0.1, 0.15) is 5.75 Å². The summed E-state index contributed by atoms with van der Waals surface area (Å²) >= 11 is 9.37. The smallest absolute Gasteiger partial charge is 0.302 e. The Balaban J connectivity index is 1.79. The van der Waals surface area contributed by atoms with Crippen LogP contribution in [0, 0.1) is 6.92 Å². The number of carbonyl (C=O) groups is 1. The van der Waals surface area contributed by atoms with Gasteiger partial charge in [-0.15, -0.1) is 10.2 Å². The third kappa shape index (κ3) is 4.14. The molecular formula is C19H17BrClN3O3. The maximum atomic E-state index is 12.0. The van der Waals surface area contributed by atoms with Crippen LogP contribution in [0.1, 0.15) is 12.5 Å². The molecule has 1 amide bonds. The largest absolute Gasteiger partial charge is 0.493 e. The van der Waals surface area contributed by atoms with Crippen molar-refractivity contribution in [2.75, 3.05) is 6.61 Å². The van der Waals surface area contributed by atoms with E-state index in [1.54, 1.807) is 22.8 Å². The van der Waals surface area contributed by atoms with E-state index in [1.165, 1.54) is 0 Å². The molecule has 8 heteroatoms. The van der Waals surface area contributed by atoms with E-state index in [9.17, 15) is 9.90 Å². The summed E-state index contributed by atoms with van der Waals surface area (Å²) in [6.45, 7) is 4.06. The minimum absolute atomic E-state index is 0.0311. The Hall–Kier alpha value is -2.38. The Morgan fingerprint density at radius 3 is 2.78 bits per heavy atom. The van der Waals surface area contributed by atoms with Crippen LogP contribution in [0.25, 0.3) is 10.9 Å². The predicted molar refractivity (Wildman–Crippen MR) is 108 cm³/mol. The van der Waals surface area contributed by atoms with Crippen molar-refractivity contribution in [2.24, 2.45) is 10.2 Å². The van der Waals surface area contributed by atoms with Gasteiger partial charge in [0.2, 0.25) is 5.88 Å². The molecule has 0 radical (unpaired) electrons. The topological polar surface area (TPSA) is 76.2 Å². The molecular weight excluding hydrogens is 434 g/mol. The summed E-state index contributed by atoms with van der Waals surface area (Å²) in [5.74, 6) is -0.0689. The van der Waals surface area contributed by atoms with Crippen LogP contribution in [0.5, 0.6) is 11.6 Å². The van der Waals surface area contributed by atoms with Crippen molar-refractivity contribution in [1.29, 1.82) is 0 Å². The molecule has 0 bridgehead atoms. The lowest BCUT2D eigenvalue weighted by Crippen LogP contribution is -2.07. The number of aromatic nitrogens is 1. The average molecular weight is 451 g/mol. The van der Waals surface area contributed by atoms with E-state index in [0.29, 0.717) is 22.7 Å². The second kappa shape index (κ2) is 8.10. The number of azo groups is 1. The van der Waals surface area contributed by atoms with Gasteiger partial charge >= 0.3 is 5.91 Å². The summed E-state index contributed by atoms with van der Waals surface area (Å²) in [7, 11) is 0. The lowest BCUT2D eigenvalue weighted by molar-refractivity contribution is -0.120. The fraction of sp³-hybridized carbons (Fsp3) is 0.211. The van der Waals surface area contributed by atoms with E-state index >= 15 is 0 Å². The summed E-state index contributed by atoms with van der Waals surface area (Å²) < 4.78 is 7.96. The van der Waals surface area contributed by atoms with Crippen molar-refractivity contribution in [2.45, 2.75) is 20.4 Å². The van der Waals surface area contributed by atoms with Crippen molar-refractivity contribution in [1.82, 2.24) is 4.57 Å². The number of ether oxygens (including phenoxy) is 1. The second-order valence-corrected chi connectivity index (χ2v) is 7.19. The molecule has 6 nitrogen and oxygen atoms in total. The van der Waals surface area contributed by atoms with Gasteiger partial charge in [0.15, 0.2) is 12.3 Å². The lowest BCUT2D eigenvalue weighted by Gasteiger charge is -2.05. The quantitative estimate of drug-likeness (QED) is 0.501. The zero-order valence-electron chi connectivity index (χ0n) is 14.7. The molecule has 3 rings (SSSR count). The molecule has 1 heterocycles. The van der Waals surface area contributed by atoms with E-state index in [2.05, 4.69) is 26.2 Å². The van der Waals surface area contributed by atoms with Gasteiger partial charge in [0.25, 0.3) is 0 Å². The van der Waals surface area contributed by atoms with E-state index in [4.69, 9.17) is 16.3 Å². The molecule has 0 fully saturated rings. The molecule has 0 atom stereocenters. The zero-order chi connectivity index (χ0) is 19.6. The fourth-order valence-corrected chi connectivity index (χ4v) is 3.18. The second-order valence-electron chi connectivity index (χ2n) is 5.87. The SMILES string of the molecule is CCn1c(O)c(N=NC(=O)COc2ccc(Cl)c(C)c2)c2cc(Br)ccc21.